The molecule has 1 aromatic carbocycles. The van der Waals surface area contributed by atoms with Gasteiger partial charge in [-0.3, -0.25) is 4.79 Å². The van der Waals surface area contributed by atoms with E-state index in [-0.39, 0.29) is 5.91 Å². The third kappa shape index (κ3) is 3.44. The average molecular weight is 317 g/mol. The van der Waals surface area contributed by atoms with Crippen LogP contribution >= 0.6 is 0 Å². The number of anilines is 1. The summed E-state index contributed by atoms with van der Waals surface area (Å²) < 4.78 is 5.44. The molecule has 1 saturated heterocycles. The lowest BCUT2D eigenvalue weighted by molar-refractivity contribution is -0.126. The van der Waals surface area contributed by atoms with Crippen molar-refractivity contribution in [1.82, 2.24) is 5.32 Å². The molecule has 1 amide bonds. The van der Waals surface area contributed by atoms with Gasteiger partial charge in [-0.15, -0.1) is 0 Å². The molecule has 1 aromatic rings. The molecule has 0 spiro atoms. The maximum absolute atomic E-state index is 12.3. The van der Waals surface area contributed by atoms with Gasteiger partial charge in [0.15, 0.2) is 0 Å². The van der Waals surface area contributed by atoms with E-state index < -0.39 is 5.54 Å². The molecule has 2 aliphatic rings. The number of nitrogens with zero attached hydrogens (tertiary/aromatic N) is 1. The Morgan fingerprint density at radius 1 is 1.39 bits per heavy atom. The number of benzene rings is 1. The molecule has 0 radical (unpaired) electrons. The van der Waals surface area contributed by atoms with Crippen LogP contribution in [0.1, 0.15) is 32.1 Å². The fourth-order valence-corrected chi connectivity index (χ4v) is 3.76. The average Bonchev–Trinajstić information content (AvgIpc) is 3.22. The van der Waals surface area contributed by atoms with Crippen LogP contribution in [-0.4, -0.2) is 38.2 Å². The van der Waals surface area contributed by atoms with Crippen molar-refractivity contribution in [2.24, 2.45) is 11.7 Å². The number of carbonyl (C=O) groups is 1. The summed E-state index contributed by atoms with van der Waals surface area (Å²) in [5, 5.41) is 3.09. The summed E-state index contributed by atoms with van der Waals surface area (Å²) in [6.07, 6.45) is 4.84. The standard InChI is InChI=1S/C18H27N3O2/c1-23-16-7-3-2-6-15(16)21-11-8-14(13-21)12-20-17(22)18(19)9-4-5-10-18/h2-3,6-7,14H,4-5,8-13,19H2,1H3,(H,20,22). The minimum atomic E-state index is -0.624. The fourth-order valence-electron chi connectivity index (χ4n) is 3.76. The molecule has 5 heteroatoms. The topological polar surface area (TPSA) is 67.6 Å². The van der Waals surface area contributed by atoms with Crippen LogP contribution in [0.2, 0.25) is 0 Å². The van der Waals surface area contributed by atoms with Gasteiger partial charge >= 0.3 is 0 Å². The largest absolute Gasteiger partial charge is 0.495 e. The first-order valence-corrected chi connectivity index (χ1v) is 8.57. The fraction of sp³-hybridized carbons (Fsp3) is 0.611. The van der Waals surface area contributed by atoms with Gasteiger partial charge in [-0.2, -0.15) is 0 Å². The molecule has 3 N–H and O–H groups in total. The number of hydrogen-bond donors (Lipinski definition) is 2. The molecule has 3 rings (SSSR count). The van der Waals surface area contributed by atoms with Crippen molar-refractivity contribution in [3.05, 3.63) is 24.3 Å². The molecule has 1 unspecified atom stereocenters. The second-order valence-corrected chi connectivity index (χ2v) is 6.85. The number of nitrogens with two attached hydrogens (primary N) is 1. The Morgan fingerprint density at radius 2 is 2.13 bits per heavy atom. The van der Waals surface area contributed by atoms with Gasteiger partial charge in [0.1, 0.15) is 5.75 Å². The summed E-state index contributed by atoms with van der Waals surface area (Å²) in [7, 11) is 1.70. The van der Waals surface area contributed by atoms with Crippen LogP contribution in [0.3, 0.4) is 0 Å². The summed E-state index contributed by atoms with van der Waals surface area (Å²) in [4.78, 5) is 14.6. The van der Waals surface area contributed by atoms with Crippen LogP contribution in [0.15, 0.2) is 24.3 Å². The second-order valence-electron chi connectivity index (χ2n) is 6.85. The zero-order valence-corrected chi connectivity index (χ0v) is 13.9. The van der Waals surface area contributed by atoms with E-state index in [9.17, 15) is 4.79 Å². The smallest absolute Gasteiger partial charge is 0.240 e. The molecule has 0 aromatic heterocycles. The number of methoxy groups -OCH3 is 1. The van der Waals surface area contributed by atoms with Crippen molar-refractivity contribution in [1.29, 1.82) is 0 Å². The van der Waals surface area contributed by atoms with Gasteiger partial charge in [0, 0.05) is 19.6 Å². The molecule has 1 heterocycles. The number of amides is 1. The van der Waals surface area contributed by atoms with Crippen molar-refractivity contribution < 1.29 is 9.53 Å². The monoisotopic (exact) mass is 317 g/mol. The van der Waals surface area contributed by atoms with Gasteiger partial charge in [-0.05, 0) is 37.3 Å². The Hall–Kier alpha value is -1.75. The van der Waals surface area contributed by atoms with Crippen LogP contribution < -0.4 is 20.7 Å². The van der Waals surface area contributed by atoms with E-state index in [0.29, 0.717) is 12.5 Å². The number of carbonyl (C=O) groups excluding carboxylic acids is 1. The Labute approximate surface area is 138 Å². The lowest BCUT2D eigenvalue weighted by Gasteiger charge is -2.24. The number of para-hydroxylation sites is 2. The minimum absolute atomic E-state index is 0.0331. The maximum Gasteiger partial charge on any atom is 0.240 e. The number of nitrogens with one attached hydrogen (secondary N) is 1. The normalized spacial score (nSPS) is 23.0. The Bertz CT molecular complexity index is 555. The number of hydrogen-bond acceptors (Lipinski definition) is 4. The molecular weight excluding hydrogens is 290 g/mol. The van der Waals surface area contributed by atoms with E-state index in [2.05, 4.69) is 16.3 Å². The van der Waals surface area contributed by atoms with Crippen LogP contribution in [0, 0.1) is 5.92 Å². The van der Waals surface area contributed by atoms with E-state index in [0.717, 1.165) is 56.6 Å². The van der Waals surface area contributed by atoms with Gasteiger partial charge in [0.05, 0.1) is 18.3 Å². The van der Waals surface area contributed by atoms with E-state index in [1.165, 1.54) is 0 Å². The first-order valence-electron chi connectivity index (χ1n) is 8.57. The Morgan fingerprint density at radius 3 is 2.87 bits per heavy atom. The van der Waals surface area contributed by atoms with Gasteiger partial charge in [-0.25, -0.2) is 0 Å². The lowest BCUT2D eigenvalue weighted by atomic mass is 9.97. The minimum Gasteiger partial charge on any atom is -0.495 e. The quantitative estimate of drug-likeness (QED) is 0.870. The molecule has 2 fully saturated rings. The zero-order valence-electron chi connectivity index (χ0n) is 13.9. The summed E-state index contributed by atoms with van der Waals surface area (Å²) >= 11 is 0. The first-order chi connectivity index (χ1) is 11.1. The highest BCUT2D eigenvalue weighted by Gasteiger charge is 2.37. The van der Waals surface area contributed by atoms with Crippen molar-refractivity contribution in [3.8, 4) is 5.75 Å². The van der Waals surface area contributed by atoms with Gasteiger partial charge in [0.2, 0.25) is 5.91 Å². The van der Waals surface area contributed by atoms with Crippen molar-refractivity contribution >= 4 is 11.6 Å². The lowest BCUT2D eigenvalue weighted by Crippen LogP contribution is -2.52. The highest BCUT2D eigenvalue weighted by atomic mass is 16.5. The van der Waals surface area contributed by atoms with Gasteiger partial charge in [0.25, 0.3) is 0 Å². The second kappa shape index (κ2) is 6.79. The predicted molar refractivity (Wildman–Crippen MR) is 91.7 cm³/mol. The third-order valence-corrected chi connectivity index (χ3v) is 5.21. The SMILES string of the molecule is COc1ccccc1N1CCC(CNC(=O)C2(N)CCCC2)C1. The molecule has 1 atom stereocenters. The maximum atomic E-state index is 12.3. The number of rotatable bonds is 5. The summed E-state index contributed by atoms with van der Waals surface area (Å²) in [6.45, 7) is 2.65. The highest BCUT2D eigenvalue weighted by Crippen LogP contribution is 2.32. The van der Waals surface area contributed by atoms with Crippen molar-refractivity contribution in [2.75, 3.05) is 31.6 Å². The van der Waals surface area contributed by atoms with Crippen LogP contribution in [0.4, 0.5) is 5.69 Å². The zero-order chi connectivity index (χ0) is 16.3. The first kappa shape index (κ1) is 16.1. The number of ether oxygens (including phenoxy) is 1. The molecule has 5 nitrogen and oxygen atoms in total. The summed E-state index contributed by atoms with van der Waals surface area (Å²) in [5.74, 6) is 1.41. The molecule has 23 heavy (non-hydrogen) atoms. The van der Waals surface area contributed by atoms with Crippen LogP contribution in [0.25, 0.3) is 0 Å². The summed E-state index contributed by atoms with van der Waals surface area (Å²) in [5.41, 5.74) is 6.71. The molecule has 1 saturated carbocycles. The molecule has 0 bridgehead atoms. The van der Waals surface area contributed by atoms with Crippen LogP contribution in [0.5, 0.6) is 5.75 Å². The van der Waals surface area contributed by atoms with Crippen molar-refractivity contribution in [2.45, 2.75) is 37.6 Å². The predicted octanol–water partition coefficient (Wildman–Crippen LogP) is 1.91. The Balaban J connectivity index is 1.53. The molecule has 1 aliphatic heterocycles. The van der Waals surface area contributed by atoms with E-state index >= 15 is 0 Å². The third-order valence-electron chi connectivity index (χ3n) is 5.21. The Kier molecular flexibility index (Phi) is 4.76. The summed E-state index contributed by atoms with van der Waals surface area (Å²) in [6, 6.07) is 8.10. The van der Waals surface area contributed by atoms with Crippen LogP contribution in [-0.2, 0) is 4.79 Å². The van der Waals surface area contributed by atoms with Crippen molar-refractivity contribution in [3.63, 3.8) is 0 Å². The van der Waals surface area contributed by atoms with E-state index in [1.54, 1.807) is 7.11 Å². The van der Waals surface area contributed by atoms with E-state index in [4.69, 9.17) is 10.5 Å². The molecule has 1 aliphatic carbocycles. The highest BCUT2D eigenvalue weighted by molar-refractivity contribution is 5.86. The van der Waals surface area contributed by atoms with Gasteiger partial charge < -0.3 is 20.7 Å². The molecular formula is C18H27N3O2. The molecule has 126 valence electrons. The van der Waals surface area contributed by atoms with E-state index in [1.807, 2.05) is 18.2 Å². The van der Waals surface area contributed by atoms with Gasteiger partial charge in [-0.1, -0.05) is 25.0 Å².